The number of pyridine rings is 1. The number of rotatable bonds is 5. The second-order valence-electron chi connectivity index (χ2n) is 5.97. The highest BCUT2D eigenvalue weighted by molar-refractivity contribution is 5.49. The van der Waals surface area contributed by atoms with Crippen molar-refractivity contribution in [3.05, 3.63) is 18.3 Å². The van der Waals surface area contributed by atoms with Crippen molar-refractivity contribution < 1.29 is 5.11 Å². The Morgan fingerprint density at radius 2 is 2.26 bits per heavy atom. The van der Waals surface area contributed by atoms with Crippen LogP contribution in [0.5, 0.6) is 0 Å². The highest BCUT2D eigenvalue weighted by atomic mass is 16.3. The molecule has 2 saturated carbocycles. The van der Waals surface area contributed by atoms with Crippen LogP contribution in [-0.2, 0) is 0 Å². The first-order valence-electron chi connectivity index (χ1n) is 7.31. The van der Waals surface area contributed by atoms with Crippen LogP contribution in [0.1, 0.15) is 25.7 Å². The first kappa shape index (κ1) is 12.7. The number of nitrogens with one attached hydrogen (secondary N) is 1. The molecule has 19 heavy (non-hydrogen) atoms. The molecule has 2 N–H and O–H groups in total. The minimum absolute atomic E-state index is 0.168. The van der Waals surface area contributed by atoms with Gasteiger partial charge in [0.25, 0.3) is 0 Å². The van der Waals surface area contributed by atoms with E-state index in [0.717, 1.165) is 23.3 Å². The third-order valence-corrected chi connectivity index (χ3v) is 4.70. The molecule has 1 aromatic heterocycles. The van der Waals surface area contributed by atoms with Crippen LogP contribution in [0.2, 0.25) is 0 Å². The van der Waals surface area contributed by atoms with Crippen molar-refractivity contribution in [2.45, 2.75) is 31.7 Å². The minimum Gasteiger partial charge on any atom is -0.395 e. The summed E-state index contributed by atoms with van der Waals surface area (Å²) in [5, 5.41) is 12.5. The average Bonchev–Trinajstić information content (AvgIpc) is 3.02. The molecule has 1 aromatic rings. The molecular formula is C15H23N3O. The van der Waals surface area contributed by atoms with Gasteiger partial charge in [-0.25, -0.2) is 4.98 Å². The number of nitrogens with zero attached hydrogens (tertiary/aromatic N) is 2. The number of hydrogen-bond acceptors (Lipinski definition) is 4. The summed E-state index contributed by atoms with van der Waals surface area (Å²) in [6.45, 7) is 0.808. The maximum Gasteiger partial charge on any atom is 0.126 e. The van der Waals surface area contributed by atoms with Gasteiger partial charge >= 0.3 is 0 Å². The largest absolute Gasteiger partial charge is 0.395 e. The van der Waals surface area contributed by atoms with Gasteiger partial charge in [-0.05, 0) is 43.2 Å². The van der Waals surface area contributed by atoms with E-state index < -0.39 is 0 Å². The number of fused-ring (bicyclic) bond motifs is 2. The van der Waals surface area contributed by atoms with Crippen molar-refractivity contribution in [3.8, 4) is 0 Å². The van der Waals surface area contributed by atoms with Gasteiger partial charge in [-0.3, -0.25) is 0 Å². The third kappa shape index (κ3) is 2.68. The van der Waals surface area contributed by atoms with Gasteiger partial charge in [0.05, 0.1) is 18.5 Å². The van der Waals surface area contributed by atoms with Crippen LogP contribution in [0.3, 0.4) is 0 Å². The summed E-state index contributed by atoms with van der Waals surface area (Å²) in [6.07, 6.45) is 7.43. The van der Waals surface area contributed by atoms with Crippen LogP contribution in [-0.4, -0.2) is 36.3 Å². The van der Waals surface area contributed by atoms with Gasteiger partial charge < -0.3 is 15.3 Å². The van der Waals surface area contributed by atoms with Crippen molar-refractivity contribution in [1.82, 2.24) is 4.98 Å². The van der Waals surface area contributed by atoms with Gasteiger partial charge in [0, 0.05) is 19.6 Å². The maximum absolute atomic E-state index is 8.93. The molecule has 4 nitrogen and oxygen atoms in total. The Bertz CT molecular complexity index is 420. The Balaban J connectivity index is 1.60. The van der Waals surface area contributed by atoms with E-state index in [4.69, 9.17) is 5.11 Å². The standard InChI is InChI=1S/C15H23N3O/c1-18(6-7-19)13-4-5-15(16-10-13)17-14-9-11-2-3-12(14)8-11/h4-5,10-12,14,19H,2-3,6-9H2,1H3,(H,16,17). The Morgan fingerprint density at radius 1 is 1.37 bits per heavy atom. The molecule has 0 aliphatic heterocycles. The molecular weight excluding hydrogens is 238 g/mol. The van der Waals surface area contributed by atoms with Gasteiger partial charge in [0.1, 0.15) is 5.82 Å². The van der Waals surface area contributed by atoms with Crippen molar-refractivity contribution in [1.29, 1.82) is 0 Å². The van der Waals surface area contributed by atoms with Gasteiger partial charge in [-0.1, -0.05) is 6.42 Å². The van der Waals surface area contributed by atoms with Crippen molar-refractivity contribution in [2.75, 3.05) is 30.4 Å². The predicted molar refractivity (Wildman–Crippen MR) is 77.5 cm³/mol. The number of aliphatic hydroxyl groups is 1. The Kier molecular flexibility index (Phi) is 3.60. The highest BCUT2D eigenvalue weighted by Gasteiger charge is 2.39. The van der Waals surface area contributed by atoms with Gasteiger partial charge in [-0.15, -0.1) is 0 Å². The van der Waals surface area contributed by atoms with Crippen LogP contribution in [0.15, 0.2) is 18.3 Å². The number of anilines is 2. The van der Waals surface area contributed by atoms with Crippen LogP contribution < -0.4 is 10.2 Å². The number of aliphatic hydroxyl groups excluding tert-OH is 1. The summed E-state index contributed by atoms with van der Waals surface area (Å²) in [4.78, 5) is 6.50. The summed E-state index contributed by atoms with van der Waals surface area (Å²) < 4.78 is 0. The van der Waals surface area contributed by atoms with E-state index in [-0.39, 0.29) is 6.61 Å². The topological polar surface area (TPSA) is 48.4 Å². The third-order valence-electron chi connectivity index (χ3n) is 4.70. The number of hydrogen-bond donors (Lipinski definition) is 2. The van der Waals surface area contributed by atoms with E-state index in [1.807, 2.05) is 18.1 Å². The quantitative estimate of drug-likeness (QED) is 0.852. The Morgan fingerprint density at radius 3 is 2.84 bits per heavy atom. The molecule has 2 fully saturated rings. The Labute approximate surface area is 114 Å². The lowest BCUT2D eigenvalue weighted by atomic mass is 9.95. The van der Waals surface area contributed by atoms with E-state index in [1.54, 1.807) is 0 Å². The zero-order chi connectivity index (χ0) is 13.2. The Hall–Kier alpha value is -1.29. The van der Waals surface area contributed by atoms with E-state index in [0.29, 0.717) is 12.6 Å². The summed E-state index contributed by atoms with van der Waals surface area (Å²) in [7, 11) is 1.97. The normalized spacial score (nSPS) is 28.6. The average molecular weight is 261 g/mol. The van der Waals surface area contributed by atoms with Crippen LogP contribution in [0.4, 0.5) is 11.5 Å². The zero-order valence-electron chi connectivity index (χ0n) is 11.5. The van der Waals surface area contributed by atoms with E-state index in [9.17, 15) is 0 Å². The molecule has 3 unspecified atom stereocenters. The van der Waals surface area contributed by atoms with Gasteiger partial charge in [0.2, 0.25) is 0 Å². The number of aromatic nitrogens is 1. The molecule has 104 valence electrons. The number of likely N-dealkylation sites (N-methyl/N-ethyl adjacent to an activating group) is 1. The molecule has 0 amide bonds. The molecule has 2 aliphatic carbocycles. The van der Waals surface area contributed by atoms with Crippen LogP contribution in [0.25, 0.3) is 0 Å². The zero-order valence-corrected chi connectivity index (χ0v) is 11.5. The molecule has 3 atom stereocenters. The minimum atomic E-state index is 0.168. The molecule has 2 bridgehead atoms. The van der Waals surface area contributed by atoms with Crippen LogP contribution in [0, 0.1) is 11.8 Å². The smallest absolute Gasteiger partial charge is 0.126 e. The fourth-order valence-electron chi connectivity index (χ4n) is 3.59. The lowest BCUT2D eigenvalue weighted by Crippen LogP contribution is -2.26. The van der Waals surface area contributed by atoms with Crippen molar-refractivity contribution in [3.63, 3.8) is 0 Å². The fourth-order valence-corrected chi connectivity index (χ4v) is 3.59. The molecule has 0 aromatic carbocycles. The monoisotopic (exact) mass is 261 g/mol. The van der Waals surface area contributed by atoms with Crippen molar-refractivity contribution >= 4 is 11.5 Å². The summed E-state index contributed by atoms with van der Waals surface area (Å²) in [6, 6.07) is 4.75. The highest BCUT2D eigenvalue weighted by Crippen LogP contribution is 2.45. The summed E-state index contributed by atoms with van der Waals surface area (Å²) >= 11 is 0. The summed E-state index contributed by atoms with van der Waals surface area (Å²) in [5.74, 6) is 2.81. The van der Waals surface area contributed by atoms with E-state index in [1.165, 1.54) is 25.7 Å². The fraction of sp³-hybridized carbons (Fsp3) is 0.667. The SMILES string of the molecule is CN(CCO)c1ccc(NC2CC3CCC2C3)nc1. The van der Waals surface area contributed by atoms with E-state index >= 15 is 0 Å². The molecule has 0 saturated heterocycles. The lowest BCUT2D eigenvalue weighted by molar-refractivity contribution is 0.304. The van der Waals surface area contributed by atoms with Gasteiger partial charge in [-0.2, -0.15) is 0 Å². The van der Waals surface area contributed by atoms with Gasteiger partial charge in [0.15, 0.2) is 0 Å². The summed E-state index contributed by atoms with van der Waals surface area (Å²) in [5.41, 5.74) is 1.05. The van der Waals surface area contributed by atoms with E-state index in [2.05, 4.69) is 22.4 Å². The second-order valence-corrected chi connectivity index (χ2v) is 5.97. The molecule has 2 aliphatic rings. The first-order chi connectivity index (χ1) is 9.26. The molecule has 1 heterocycles. The lowest BCUT2D eigenvalue weighted by Gasteiger charge is -2.24. The second kappa shape index (κ2) is 5.37. The van der Waals surface area contributed by atoms with Crippen molar-refractivity contribution in [2.24, 2.45) is 11.8 Å². The maximum atomic E-state index is 8.93. The molecule has 0 radical (unpaired) electrons. The molecule has 3 rings (SSSR count). The van der Waals surface area contributed by atoms with Crippen LogP contribution >= 0.6 is 0 Å². The predicted octanol–water partition coefficient (Wildman–Crippen LogP) is 2.11. The molecule has 4 heteroatoms. The first-order valence-corrected chi connectivity index (χ1v) is 7.31. The molecule has 0 spiro atoms.